The summed E-state index contributed by atoms with van der Waals surface area (Å²) in [5.74, 6) is 0.346. The minimum absolute atomic E-state index is 0.153. The Hall–Kier alpha value is -4.25. The van der Waals surface area contributed by atoms with Crippen LogP contribution in [0.1, 0.15) is 44.2 Å². The summed E-state index contributed by atoms with van der Waals surface area (Å²) in [6.45, 7) is 4.56. The van der Waals surface area contributed by atoms with Crippen molar-refractivity contribution >= 4 is 24.1 Å². The summed E-state index contributed by atoms with van der Waals surface area (Å²) in [5, 5.41) is 9.20. The number of esters is 2. The molecule has 0 saturated carbocycles. The summed E-state index contributed by atoms with van der Waals surface area (Å²) >= 11 is 0. The number of nitriles is 1. The van der Waals surface area contributed by atoms with Crippen molar-refractivity contribution in [2.24, 2.45) is 0 Å². The highest BCUT2D eigenvalue weighted by Crippen LogP contribution is 2.30. The standard InChI is InChI=1S/C28H31NO7/c1-5-7-8-15-35-23-12-9-20(17-25(23)32-3)11-14-27(30)36-24-13-10-21(18-26(24)33-4)16-22(19-29)28(31)34-6-2/h9-14,16-18H,5-8,15H2,1-4H3/b14-11+,22-16+. The van der Waals surface area contributed by atoms with Crippen LogP contribution in [-0.4, -0.2) is 39.4 Å². The van der Waals surface area contributed by atoms with E-state index in [4.69, 9.17) is 23.7 Å². The summed E-state index contributed by atoms with van der Waals surface area (Å²) in [4.78, 5) is 24.2. The SMILES string of the molecule is CCCCCOc1ccc(/C=C/C(=O)Oc2ccc(/C=C(\C#N)C(=O)OCC)cc2OC)cc1OC. The van der Waals surface area contributed by atoms with E-state index in [0.717, 1.165) is 24.8 Å². The third-order valence-electron chi connectivity index (χ3n) is 4.93. The normalized spacial score (nSPS) is 11.0. The van der Waals surface area contributed by atoms with E-state index in [9.17, 15) is 14.9 Å². The minimum Gasteiger partial charge on any atom is -0.493 e. The number of carbonyl (C=O) groups is 2. The highest BCUT2D eigenvalue weighted by atomic mass is 16.6. The summed E-state index contributed by atoms with van der Waals surface area (Å²) in [6.07, 6.45) is 7.45. The van der Waals surface area contributed by atoms with Gasteiger partial charge in [0.05, 0.1) is 27.4 Å². The molecule has 8 nitrogen and oxygen atoms in total. The zero-order valence-corrected chi connectivity index (χ0v) is 21.0. The fourth-order valence-electron chi connectivity index (χ4n) is 3.12. The molecule has 0 atom stereocenters. The lowest BCUT2D eigenvalue weighted by Gasteiger charge is -2.11. The van der Waals surface area contributed by atoms with Gasteiger partial charge in [-0.3, -0.25) is 0 Å². The second-order valence-corrected chi connectivity index (χ2v) is 7.52. The molecular weight excluding hydrogens is 462 g/mol. The molecule has 2 aromatic rings. The summed E-state index contributed by atoms with van der Waals surface area (Å²) in [5.41, 5.74) is 1.09. The Balaban J connectivity index is 2.10. The molecule has 0 bridgehead atoms. The predicted octanol–water partition coefficient (Wildman–Crippen LogP) is 5.36. The van der Waals surface area contributed by atoms with Gasteiger partial charge in [-0.15, -0.1) is 0 Å². The summed E-state index contributed by atoms with van der Waals surface area (Å²) in [6, 6.07) is 11.9. The Morgan fingerprint density at radius 2 is 1.58 bits per heavy atom. The van der Waals surface area contributed by atoms with E-state index in [1.165, 1.54) is 25.3 Å². The Morgan fingerprint density at radius 3 is 2.25 bits per heavy atom. The van der Waals surface area contributed by atoms with Crippen LogP contribution in [0.4, 0.5) is 0 Å². The van der Waals surface area contributed by atoms with E-state index < -0.39 is 11.9 Å². The van der Waals surface area contributed by atoms with Crippen LogP contribution in [0.15, 0.2) is 48.0 Å². The number of nitrogens with zero attached hydrogens (tertiary/aromatic N) is 1. The molecular formula is C28H31NO7. The zero-order valence-electron chi connectivity index (χ0n) is 21.0. The molecule has 0 unspecified atom stereocenters. The smallest absolute Gasteiger partial charge is 0.348 e. The Morgan fingerprint density at radius 1 is 0.917 bits per heavy atom. The Bertz CT molecular complexity index is 1150. The number of methoxy groups -OCH3 is 2. The van der Waals surface area contributed by atoms with E-state index in [-0.39, 0.29) is 23.7 Å². The van der Waals surface area contributed by atoms with Gasteiger partial charge >= 0.3 is 11.9 Å². The maximum absolute atomic E-state index is 12.4. The van der Waals surface area contributed by atoms with Gasteiger partial charge in [0.15, 0.2) is 23.0 Å². The van der Waals surface area contributed by atoms with Crippen molar-refractivity contribution in [1.29, 1.82) is 5.26 Å². The minimum atomic E-state index is -0.715. The maximum atomic E-state index is 12.4. The van der Waals surface area contributed by atoms with E-state index in [0.29, 0.717) is 23.7 Å². The number of ether oxygens (including phenoxy) is 5. The van der Waals surface area contributed by atoms with Gasteiger partial charge in [0.25, 0.3) is 0 Å². The first-order chi connectivity index (χ1) is 17.4. The second kappa shape index (κ2) is 14.9. The van der Waals surface area contributed by atoms with E-state index in [1.807, 2.05) is 12.1 Å². The molecule has 190 valence electrons. The zero-order chi connectivity index (χ0) is 26.3. The van der Waals surface area contributed by atoms with Gasteiger partial charge in [0, 0.05) is 6.08 Å². The average Bonchev–Trinajstić information content (AvgIpc) is 2.89. The van der Waals surface area contributed by atoms with Crippen molar-refractivity contribution in [3.63, 3.8) is 0 Å². The predicted molar refractivity (Wildman–Crippen MR) is 136 cm³/mol. The molecule has 0 fully saturated rings. The number of unbranched alkanes of at least 4 members (excludes halogenated alkanes) is 2. The molecule has 0 aliphatic heterocycles. The van der Waals surface area contributed by atoms with Crippen LogP contribution in [0, 0.1) is 11.3 Å². The van der Waals surface area contributed by atoms with Gasteiger partial charge in [0.1, 0.15) is 11.6 Å². The van der Waals surface area contributed by atoms with Crippen molar-refractivity contribution in [2.75, 3.05) is 27.4 Å². The lowest BCUT2D eigenvalue weighted by Crippen LogP contribution is -2.06. The summed E-state index contributed by atoms with van der Waals surface area (Å²) in [7, 11) is 2.98. The molecule has 0 saturated heterocycles. The molecule has 2 aromatic carbocycles. The molecule has 0 aliphatic rings. The molecule has 0 radical (unpaired) electrons. The molecule has 2 rings (SSSR count). The van der Waals surface area contributed by atoms with Crippen LogP contribution in [0.5, 0.6) is 23.0 Å². The van der Waals surface area contributed by atoms with Crippen LogP contribution >= 0.6 is 0 Å². The molecule has 0 amide bonds. The van der Waals surface area contributed by atoms with Gasteiger partial charge in [-0.05, 0) is 60.9 Å². The van der Waals surface area contributed by atoms with Gasteiger partial charge < -0.3 is 23.7 Å². The van der Waals surface area contributed by atoms with Gasteiger partial charge in [0.2, 0.25) is 0 Å². The Kier molecular flexibility index (Phi) is 11.6. The monoisotopic (exact) mass is 493 g/mol. The third-order valence-corrected chi connectivity index (χ3v) is 4.93. The number of carbonyl (C=O) groups excluding carboxylic acids is 2. The third kappa shape index (κ3) is 8.51. The molecule has 36 heavy (non-hydrogen) atoms. The lowest BCUT2D eigenvalue weighted by atomic mass is 10.1. The van der Waals surface area contributed by atoms with Crippen molar-refractivity contribution in [3.05, 3.63) is 59.2 Å². The van der Waals surface area contributed by atoms with E-state index in [1.54, 1.807) is 44.4 Å². The number of rotatable bonds is 13. The first kappa shape index (κ1) is 28.0. The molecule has 0 N–H and O–H groups in total. The topological polar surface area (TPSA) is 104 Å². The lowest BCUT2D eigenvalue weighted by molar-refractivity contribution is -0.138. The number of hydrogen-bond donors (Lipinski definition) is 0. The molecule has 0 spiro atoms. The largest absolute Gasteiger partial charge is 0.493 e. The van der Waals surface area contributed by atoms with Crippen LogP contribution in [0.2, 0.25) is 0 Å². The molecule has 0 heterocycles. The second-order valence-electron chi connectivity index (χ2n) is 7.52. The highest BCUT2D eigenvalue weighted by Gasteiger charge is 2.13. The maximum Gasteiger partial charge on any atom is 0.348 e. The van der Waals surface area contributed by atoms with Crippen LogP contribution in [-0.2, 0) is 14.3 Å². The van der Waals surface area contributed by atoms with Crippen LogP contribution < -0.4 is 18.9 Å². The van der Waals surface area contributed by atoms with E-state index in [2.05, 4.69) is 6.92 Å². The van der Waals surface area contributed by atoms with E-state index >= 15 is 0 Å². The molecule has 0 aliphatic carbocycles. The van der Waals surface area contributed by atoms with Gasteiger partial charge in [-0.1, -0.05) is 31.9 Å². The van der Waals surface area contributed by atoms with Crippen molar-refractivity contribution in [3.8, 4) is 29.1 Å². The first-order valence-corrected chi connectivity index (χ1v) is 11.6. The van der Waals surface area contributed by atoms with Crippen molar-refractivity contribution < 1.29 is 33.3 Å². The van der Waals surface area contributed by atoms with Crippen LogP contribution in [0.3, 0.4) is 0 Å². The molecule has 0 aromatic heterocycles. The Labute approximate surface area is 211 Å². The van der Waals surface area contributed by atoms with Crippen molar-refractivity contribution in [1.82, 2.24) is 0 Å². The highest BCUT2D eigenvalue weighted by molar-refractivity contribution is 5.98. The summed E-state index contributed by atoms with van der Waals surface area (Å²) < 4.78 is 26.7. The number of benzene rings is 2. The number of hydrogen-bond acceptors (Lipinski definition) is 8. The molecule has 8 heteroatoms. The first-order valence-electron chi connectivity index (χ1n) is 11.6. The fraction of sp³-hybridized carbons (Fsp3) is 0.321. The van der Waals surface area contributed by atoms with Gasteiger partial charge in [-0.2, -0.15) is 5.26 Å². The van der Waals surface area contributed by atoms with Gasteiger partial charge in [-0.25, -0.2) is 9.59 Å². The van der Waals surface area contributed by atoms with Crippen LogP contribution in [0.25, 0.3) is 12.2 Å². The quantitative estimate of drug-likeness (QED) is 0.121. The van der Waals surface area contributed by atoms with Crippen molar-refractivity contribution in [2.45, 2.75) is 33.1 Å². The average molecular weight is 494 g/mol. The fourth-order valence-corrected chi connectivity index (χ4v) is 3.12.